The van der Waals surface area contributed by atoms with E-state index in [1.807, 2.05) is 48.5 Å². The highest BCUT2D eigenvalue weighted by Crippen LogP contribution is 2.31. The molecule has 142 valence electrons. The Hall–Kier alpha value is -3.80. The second-order valence-corrected chi connectivity index (χ2v) is 7.02. The minimum atomic E-state index is 0.258. The zero-order valence-electron chi connectivity index (χ0n) is 15.8. The number of methoxy groups -OCH3 is 1. The number of fused-ring (bicyclic) bond motifs is 2. The van der Waals surface area contributed by atoms with Crippen LogP contribution in [0.25, 0.3) is 22.3 Å². The van der Waals surface area contributed by atoms with Gasteiger partial charge >= 0.3 is 0 Å². The molecule has 0 spiro atoms. The quantitative estimate of drug-likeness (QED) is 0.572. The number of nitrogens with zero attached hydrogens (tertiary/aromatic N) is 3. The van der Waals surface area contributed by atoms with Gasteiger partial charge in [0.25, 0.3) is 0 Å². The number of hydrogen-bond acceptors (Lipinski definition) is 6. The van der Waals surface area contributed by atoms with E-state index in [-0.39, 0.29) is 5.78 Å². The van der Waals surface area contributed by atoms with Crippen molar-refractivity contribution in [1.82, 2.24) is 15.0 Å². The number of nitrogens with one attached hydrogen (secondary N) is 1. The highest BCUT2D eigenvalue weighted by molar-refractivity contribution is 5.94. The van der Waals surface area contributed by atoms with E-state index in [1.165, 1.54) is 0 Å². The minimum absolute atomic E-state index is 0.258. The Morgan fingerprint density at radius 2 is 1.90 bits per heavy atom. The average molecular weight is 382 g/mol. The molecule has 1 N–H and O–H groups in total. The summed E-state index contributed by atoms with van der Waals surface area (Å²) in [6.07, 6.45) is 4.48. The van der Waals surface area contributed by atoms with Gasteiger partial charge in [-0.3, -0.25) is 9.78 Å². The summed E-state index contributed by atoms with van der Waals surface area (Å²) in [7, 11) is 1.64. The predicted octanol–water partition coefficient (Wildman–Crippen LogP) is 4.11. The minimum Gasteiger partial charge on any atom is -0.497 e. The molecule has 2 aromatic carbocycles. The fourth-order valence-corrected chi connectivity index (χ4v) is 3.62. The molecule has 0 bridgehead atoms. The van der Waals surface area contributed by atoms with E-state index in [4.69, 9.17) is 14.7 Å². The van der Waals surface area contributed by atoms with Crippen LogP contribution in [0.1, 0.15) is 11.1 Å². The highest BCUT2D eigenvalue weighted by Gasteiger charge is 2.19. The number of carbonyl (C=O) groups excluding carboxylic acids is 1. The first kappa shape index (κ1) is 17.3. The molecule has 0 amide bonds. The van der Waals surface area contributed by atoms with Gasteiger partial charge in [0.1, 0.15) is 17.4 Å². The van der Waals surface area contributed by atoms with E-state index < -0.39 is 0 Å². The van der Waals surface area contributed by atoms with Crippen LogP contribution in [-0.2, 0) is 17.6 Å². The van der Waals surface area contributed by atoms with E-state index in [0.29, 0.717) is 24.5 Å². The van der Waals surface area contributed by atoms with E-state index in [2.05, 4.69) is 10.3 Å². The molecule has 0 unspecified atom stereocenters. The lowest BCUT2D eigenvalue weighted by molar-refractivity contribution is -0.117. The van der Waals surface area contributed by atoms with Crippen LogP contribution in [0.4, 0.5) is 11.5 Å². The van der Waals surface area contributed by atoms with Gasteiger partial charge in [-0.15, -0.1) is 0 Å². The van der Waals surface area contributed by atoms with Crippen LogP contribution < -0.4 is 10.1 Å². The zero-order valence-corrected chi connectivity index (χ0v) is 15.8. The molecule has 2 aromatic heterocycles. The first-order chi connectivity index (χ1) is 14.2. The van der Waals surface area contributed by atoms with Gasteiger partial charge in [-0.25, -0.2) is 9.97 Å². The molecule has 1 aliphatic rings. The Labute approximate surface area is 167 Å². The topological polar surface area (TPSA) is 77.0 Å². The van der Waals surface area contributed by atoms with E-state index >= 15 is 0 Å². The van der Waals surface area contributed by atoms with Crippen molar-refractivity contribution in [2.45, 2.75) is 12.8 Å². The third-order valence-electron chi connectivity index (χ3n) is 5.07. The summed E-state index contributed by atoms with van der Waals surface area (Å²) in [4.78, 5) is 25.4. The smallest absolute Gasteiger partial charge is 0.163 e. The molecular formula is C23H18N4O2. The molecule has 0 aliphatic heterocycles. The van der Waals surface area contributed by atoms with Crippen LogP contribution >= 0.6 is 0 Å². The summed E-state index contributed by atoms with van der Waals surface area (Å²) < 4.78 is 5.38. The molecule has 0 fully saturated rings. The summed E-state index contributed by atoms with van der Waals surface area (Å²) >= 11 is 0. The van der Waals surface area contributed by atoms with Gasteiger partial charge in [-0.05, 0) is 53.6 Å². The third kappa shape index (κ3) is 3.29. The maximum Gasteiger partial charge on any atom is 0.163 e. The number of carbonyl (C=O) groups is 1. The number of hydrogen-bond donors (Lipinski definition) is 1. The molecule has 0 saturated heterocycles. The Morgan fingerprint density at radius 1 is 1.00 bits per heavy atom. The summed E-state index contributed by atoms with van der Waals surface area (Å²) in [5.74, 6) is 2.26. The lowest BCUT2D eigenvalue weighted by Crippen LogP contribution is -2.00. The van der Waals surface area contributed by atoms with Crippen LogP contribution in [0.5, 0.6) is 5.75 Å². The van der Waals surface area contributed by atoms with Crippen LogP contribution in [0.15, 0.2) is 60.9 Å². The summed E-state index contributed by atoms with van der Waals surface area (Å²) in [6, 6.07) is 15.5. The second kappa shape index (κ2) is 6.98. The van der Waals surface area contributed by atoms with Crippen molar-refractivity contribution in [2.24, 2.45) is 0 Å². The molecule has 0 saturated carbocycles. The fraction of sp³-hybridized carbons (Fsp3) is 0.130. The Kier molecular flexibility index (Phi) is 4.17. The number of ketones is 1. The lowest BCUT2D eigenvalue weighted by Gasteiger charge is -2.13. The third-order valence-corrected chi connectivity index (χ3v) is 5.07. The Morgan fingerprint density at radius 3 is 2.72 bits per heavy atom. The normalized spacial score (nSPS) is 12.8. The molecule has 29 heavy (non-hydrogen) atoms. The number of rotatable bonds is 4. The molecule has 6 nitrogen and oxygen atoms in total. The van der Waals surface area contributed by atoms with Crippen LogP contribution in [0.3, 0.4) is 0 Å². The fourth-order valence-electron chi connectivity index (χ4n) is 3.62. The van der Waals surface area contributed by atoms with Crippen molar-refractivity contribution < 1.29 is 9.53 Å². The van der Waals surface area contributed by atoms with Gasteiger partial charge in [-0.2, -0.15) is 0 Å². The van der Waals surface area contributed by atoms with Gasteiger partial charge in [-0.1, -0.05) is 6.07 Å². The van der Waals surface area contributed by atoms with Crippen LogP contribution in [-0.4, -0.2) is 27.8 Å². The van der Waals surface area contributed by atoms with Crippen molar-refractivity contribution in [1.29, 1.82) is 0 Å². The second-order valence-electron chi connectivity index (χ2n) is 7.02. The van der Waals surface area contributed by atoms with Gasteiger partial charge in [0.05, 0.1) is 12.6 Å². The van der Waals surface area contributed by atoms with Crippen molar-refractivity contribution in [2.75, 3.05) is 12.4 Å². The number of anilines is 2. The Bertz CT molecular complexity index is 1240. The van der Waals surface area contributed by atoms with E-state index in [9.17, 15) is 4.79 Å². The van der Waals surface area contributed by atoms with Gasteiger partial charge in [0.2, 0.25) is 0 Å². The van der Waals surface area contributed by atoms with Crippen LogP contribution in [0, 0.1) is 0 Å². The summed E-state index contributed by atoms with van der Waals surface area (Å²) in [5, 5.41) is 4.27. The first-order valence-electron chi connectivity index (χ1n) is 9.36. The van der Waals surface area contributed by atoms with Crippen molar-refractivity contribution in [3.8, 4) is 17.1 Å². The van der Waals surface area contributed by atoms with Crippen LogP contribution in [0.2, 0.25) is 0 Å². The molecule has 4 aromatic rings. The largest absolute Gasteiger partial charge is 0.497 e. The monoisotopic (exact) mass is 382 g/mol. The van der Waals surface area contributed by atoms with Crippen molar-refractivity contribution >= 4 is 28.2 Å². The van der Waals surface area contributed by atoms with Gasteiger partial charge in [0, 0.05) is 41.9 Å². The zero-order chi connectivity index (χ0) is 19.8. The van der Waals surface area contributed by atoms with E-state index in [0.717, 1.165) is 39.0 Å². The maximum absolute atomic E-state index is 11.8. The lowest BCUT2D eigenvalue weighted by atomic mass is 10.1. The first-order valence-corrected chi connectivity index (χ1v) is 9.36. The van der Waals surface area contributed by atoms with Gasteiger partial charge < -0.3 is 10.1 Å². The summed E-state index contributed by atoms with van der Waals surface area (Å²) in [5.41, 5.74) is 4.71. The molecule has 0 radical (unpaired) electrons. The van der Waals surface area contributed by atoms with Gasteiger partial charge in [0.15, 0.2) is 5.82 Å². The van der Waals surface area contributed by atoms with Crippen molar-refractivity contribution in [3.05, 3.63) is 72.1 Å². The molecule has 1 aliphatic carbocycles. The number of ether oxygens (including phenoxy) is 1. The molecule has 2 heterocycles. The van der Waals surface area contributed by atoms with E-state index in [1.54, 1.807) is 19.5 Å². The summed E-state index contributed by atoms with van der Waals surface area (Å²) in [6.45, 7) is 0. The molecule has 5 rings (SSSR count). The number of Topliss-reactive ketones (excluding diaryl/α,β-unsaturated/α-hetero) is 1. The Balaban J connectivity index is 1.62. The standard InChI is InChI=1S/C23H18N4O2/c1-29-19-6-7-21-20(12-19)23(27-22(26-21)15-3-2-8-24-13-15)25-17-5-4-14-10-18(28)11-16(14)9-17/h2-9,12-13H,10-11H2,1H3,(H,25,26,27). The molecule has 6 heteroatoms. The maximum atomic E-state index is 11.8. The molecular weight excluding hydrogens is 364 g/mol. The van der Waals surface area contributed by atoms with Crippen molar-refractivity contribution in [3.63, 3.8) is 0 Å². The highest BCUT2D eigenvalue weighted by atomic mass is 16.5. The number of aromatic nitrogens is 3. The predicted molar refractivity (Wildman–Crippen MR) is 111 cm³/mol. The number of pyridine rings is 1. The number of benzene rings is 2. The molecule has 0 atom stereocenters. The average Bonchev–Trinajstić information content (AvgIpc) is 3.13. The SMILES string of the molecule is COc1ccc2nc(-c3cccnc3)nc(Nc3ccc4c(c3)CC(=O)C4)c2c1.